The fourth-order valence-corrected chi connectivity index (χ4v) is 4.19. The minimum Gasteiger partial charge on any atom is -0.489 e. The summed E-state index contributed by atoms with van der Waals surface area (Å²) in [5, 5.41) is 4.53. The summed E-state index contributed by atoms with van der Waals surface area (Å²) >= 11 is 6.23. The van der Waals surface area contributed by atoms with E-state index in [2.05, 4.69) is 22.3 Å². The lowest BCUT2D eigenvalue weighted by molar-refractivity contribution is 0.0718. The average Bonchev–Trinajstić information content (AvgIpc) is 2.67. The van der Waals surface area contributed by atoms with Crippen LogP contribution >= 0.6 is 11.6 Å². The van der Waals surface area contributed by atoms with Gasteiger partial charge < -0.3 is 15.0 Å². The van der Waals surface area contributed by atoms with E-state index in [1.807, 2.05) is 36.4 Å². The van der Waals surface area contributed by atoms with Crippen molar-refractivity contribution in [3.63, 3.8) is 0 Å². The van der Waals surface area contributed by atoms with Crippen LogP contribution in [0.25, 0.3) is 0 Å². The number of nitrogens with one attached hydrogen (secondary N) is 1. The molecule has 4 heteroatoms. The lowest BCUT2D eigenvalue weighted by Gasteiger charge is -2.45. The Labute approximate surface area is 154 Å². The fourth-order valence-electron chi connectivity index (χ4n) is 4.00. The van der Waals surface area contributed by atoms with Gasteiger partial charge >= 0.3 is 0 Å². The molecule has 132 valence electrons. The first-order chi connectivity index (χ1) is 12.3. The van der Waals surface area contributed by atoms with E-state index < -0.39 is 0 Å². The van der Waals surface area contributed by atoms with Crippen molar-refractivity contribution in [2.75, 3.05) is 19.6 Å². The average molecular weight is 357 g/mol. The molecule has 0 spiro atoms. The molecule has 3 nitrogen and oxygen atoms in total. The number of benzene rings is 2. The Hall–Kier alpha value is -1.55. The Kier molecular flexibility index (Phi) is 5.25. The molecule has 1 unspecified atom stereocenters. The SMILES string of the molecule is Clc1ccccc1COc1ccccc1CNC1CN2CCC1CC2. The Morgan fingerprint density at radius 2 is 1.72 bits per heavy atom. The molecule has 2 bridgehead atoms. The maximum absolute atomic E-state index is 6.23. The molecule has 3 aliphatic heterocycles. The van der Waals surface area contributed by atoms with Crippen LogP contribution in [0.5, 0.6) is 5.75 Å². The van der Waals surface area contributed by atoms with Crippen molar-refractivity contribution in [1.82, 2.24) is 10.2 Å². The molecule has 3 heterocycles. The number of ether oxygens (including phenoxy) is 1. The number of hydrogen-bond acceptors (Lipinski definition) is 3. The second-order valence-corrected chi connectivity index (χ2v) is 7.52. The van der Waals surface area contributed by atoms with E-state index in [0.29, 0.717) is 12.6 Å². The van der Waals surface area contributed by atoms with Crippen molar-refractivity contribution in [3.05, 3.63) is 64.7 Å². The first-order valence-electron chi connectivity index (χ1n) is 9.19. The molecule has 3 aliphatic rings. The Bertz CT molecular complexity index is 713. The highest BCUT2D eigenvalue weighted by atomic mass is 35.5. The summed E-state index contributed by atoms with van der Waals surface area (Å²) in [6.45, 7) is 5.10. The van der Waals surface area contributed by atoms with E-state index in [4.69, 9.17) is 16.3 Å². The summed E-state index contributed by atoms with van der Waals surface area (Å²) in [6.07, 6.45) is 2.67. The number of halogens is 1. The number of rotatable bonds is 6. The Balaban J connectivity index is 1.38. The van der Waals surface area contributed by atoms with E-state index in [1.165, 1.54) is 38.0 Å². The van der Waals surface area contributed by atoms with Gasteiger partial charge in [-0.05, 0) is 44.0 Å². The van der Waals surface area contributed by atoms with Gasteiger partial charge in [0.2, 0.25) is 0 Å². The minimum absolute atomic E-state index is 0.497. The van der Waals surface area contributed by atoms with Crippen LogP contribution < -0.4 is 10.1 Å². The van der Waals surface area contributed by atoms with Gasteiger partial charge in [-0.1, -0.05) is 48.0 Å². The zero-order valence-corrected chi connectivity index (χ0v) is 15.2. The highest BCUT2D eigenvalue weighted by Crippen LogP contribution is 2.28. The molecule has 0 amide bonds. The second kappa shape index (κ2) is 7.77. The number of para-hydroxylation sites is 1. The maximum Gasteiger partial charge on any atom is 0.124 e. The van der Waals surface area contributed by atoms with E-state index >= 15 is 0 Å². The summed E-state index contributed by atoms with van der Waals surface area (Å²) < 4.78 is 6.07. The quantitative estimate of drug-likeness (QED) is 0.843. The van der Waals surface area contributed by atoms with Gasteiger partial charge in [0.25, 0.3) is 0 Å². The first-order valence-corrected chi connectivity index (χ1v) is 9.57. The van der Waals surface area contributed by atoms with Gasteiger partial charge in [0.05, 0.1) is 0 Å². The molecule has 0 aliphatic carbocycles. The van der Waals surface area contributed by atoms with Gasteiger partial charge in [0.15, 0.2) is 0 Å². The summed E-state index contributed by atoms with van der Waals surface area (Å²) in [7, 11) is 0. The lowest BCUT2D eigenvalue weighted by Crippen LogP contribution is -2.55. The molecule has 3 saturated heterocycles. The summed E-state index contributed by atoms with van der Waals surface area (Å²) in [4.78, 5) is 2.58. The van der Waals surface area contributed by atoms with Crippen molar-refractivity contribution in [2.45, 2.75) is 32.0 Å². The van der Waals surface area contributed by atoms with Gasteiger partial charge in [-0.3, -0.25) is 0 Å². The second-order valence-electron chi connectivity index (χ2n) is 7.11. The van der Waals surface area contributed by atoms with E-state index in [9.17, 15) is 0 Å². The highest BCUT2D eigenvalue weighted by molar-refractivity contribution is 6.31. The van der Waals surface area contributed by atoms with Crippen LogP contribution in [0.15, 0.2) is 48.5 Å². The van der Waals surface area contributed by atoms with Crippen molar-refractivity contribution in [2.24, 2.45) is 5.92 Å². The standard InChI is InChI=1S/C21H25ClN2O/c22-19-7-3-1-6-18(19)15-25-21-8-4-2-5-17(21)13-23-20-14-24-11-9-16(20)10-12-24/h1-8,16,20,23H,9-15H2. The van der Waals surface area contributed by atoms with Crippen molar-refractivity contribution < 1.29 is 4.74 Å². The van der Waals surface area contributed by atoms with E-state index in [1.54, 1.807) is 0 Å². The number of nitrogens with zero attached hydrogens (tertiary/aromatic N) is 1. The molecular formula is C21H25ClN2O. The van der Waals surface area contributed by atoms with Crippen LogP contribution in [0.2, 0.25) is 5.02 Å². The van der Waals surface area contributed by atoms with Crippen molar-refractivity contribution >= 4 is 11.6 Å². The third-order valence-corrected chi connectivity index (χ3v) is 5.89. The Morgan fingerprint density at radius 1 is 1.00 bits per heavy atom. The molecule has 5 rings (SSSR count). The maximum atomic E-state index is 6.23. The van der Waals surface area contributed by atoms with Gasteiger partial charge in [-0.15, -0.1) is 0 Å². The van der Waals surface area contributed by atoms with E-state index in [0.717, 1.165) is 28.8 Å². The first kappa shape index (κ1) is 16.9. The van der Waals surface area contributed by atoms with Crippen molar-refractivity contribution in [3.8, 4) is 5.75 Å². The van der Waals surface area contributed by atoms with Gasteiger partial charge in [-0.2, -0.15) is 0 Å². The Morgan fingerprint density at radius 3 is 2.44 bits per heavy atom. The van der Waals surface area contributed by atoms with Crippen LogP contribution in [0, 0.1) is 5.92 Å². The van der Waals surface area contributed by atoms with E-state index in [-0.39, 0.29) is 0 Å². The largest absolute Gasteiger partial charge is 0.489 e. The third-order valence-electron chi connectivity index (χ3n) is 5.52. The molecule has 1 atom stereocenters. The van der Waals surface area contributed by atoms with Gasteiger partial charge in [0, 0.05) is 35.3 Å². The number of hydrogen-bond donors (Lipinski definition) is 1. The van der Waals surface area contributed by atoms with Crippen molar-refractivity contribution in [1.29, 1.82) is 0 Å². The monoisotopic (exact) mass is 356 g/mol. The molecule has 0 saturated carbocycles. The minimum atomic E-state index is 0.497. The molecule has 25 heavy (non-hydrogen) atoms. The number of piperidine rings is 3. The third kappa shape index (κ3) is 4.00. The van der Waals surface area contributed by atoms with Gasteiger partial charge in [-0.25, -0.2) is 0 Å². The zero-order valence-electron chi connectivity index (χ0n) is 14.5. The molecule has 0 aromatic heterocycles. The molecular weight excluding hydrogens is 332 g/mol. The smallest absolute Gasteiger partial charge is 0.124 e. The van der Waals surface area contributed by atoms with Crippen LogP contribution in [0.1, 0.15) is 24.0 Å². The molecule has 2 aromatic carbocycles. The predicted octanol–water partition coefficient (Wildman–Crippen LogP) is 4.10. The van der Waals surface area contributed by atoms with Crippen LogP contribution in [-0.4, -0.2) is 30.6 Å². The van der Waals surface area contributed by atoms with Crippen LogP contribution in [0.3, 0.4) is 0 Å². The summed E-state index contributed by atoms with van der Waals surface area (Å²) in [5.41, 5.74) is 2.23. The fraction of sp³-hybridized carbons (Fsp3) is 0.429. The topological polar surface area (TPSA) is 24.5 Å². The normalized spacial score (nSPS) is 25.1. The van der Waals surface area contributed by atoms with Crippen LogP contribution in [-0.2, 0) is 13.2 Å². The lowest BCUT2D eigenvalue weighted by atomic mass is 9.84. The predicted molar refractivity (Wildman–Crippen MR) is 102 cm³/mol. The molecule has 2 aromatic rings. The zero-order chi connectivity index (χ0) is 17.1. The van der Waals surface area contributed by atoms with Gasteiger partial charge in [0.1, 0.15) is 12.4 Å². The number of fused-ring (bicyclic) bond motifs is 3. The highest BCUT2D eigenvalue weighted by Gasteiger charge is 2.33. The molecule has 3 fully saturated rings. The molecule has 0 radical (unpaired) electrons. The van der Waals surface area contributed by atoms with Crippen LogP contribution in [0.4, 0.5) is 0 Å². The summed E-state index contributed by atoms with van der Waals surface area (Å²) in [6, 6.07) is 16.8. The molecule has 1 N–H and O–H groups in total. The summed E-state index contributed by atoms with van der Waals surface area (Å²) in [5.74, 6) is 1.78.